The quantitative estimate of drug-likeness (QED) is 0.697. The van der Waals surface area contributed by atoms with Crippen molar-refractivity contribution in [1.29, 1.82) is 5.26 Å². The normalized spacial score (nSPS) is 11.6. The molecule has 0 saturated heterocycles. The summed E-state index contributed by atoms with van der Waals surface area (Å²) in [6.45, 7) is 6.23. The van der Waals surface area contributed by atoms with Crippen LogP contribution in [0, 0.1) is 25.2 Å². The summed E-state index contributed by atoms with van der Waals surface area (Å²) in [6, 6.07) is 9.59. The van der Waals surface area contributed by atoms with E-state index in [2.05, 4.69) is 21.4 Å². The lowest BCUT2D eigenvalue weighted by Crippen LogP contribution is -2.29. The average molecular weight is 389 g/mol. The van der Waals surface area contributed by atoms with Gasteiger partial charge in [-0.3, -0.25) is 4.79 Å². The first-order valence-corrected chi connectivity index (χ1v) is 9.27. The smallest absolute Gasteiger partial charge is 0.251 e. The van der Waals surface area contributed by atoms with Gasteiger partial charge in [0.2, 0.25) is 5.88 Å². The van der Waals surface area contributed by atoms with Crippen molar-refractivity contribution < 1.29 is 9.53 Å². The zero-order chi connectivity index (χ0) is 21.0. The van der Waals surface area contributed by atoms with Gasteiger partial charge in [-0.15, -0.1) is 0 Å². The number of amides is 1. The number of pyridine rings is 1. The highest BCUT2D eigenvalue weighted by atomic mass is 16.5. The zero-order valence-electron chi connectivity index (χ0n) is 16.9. The topological polar surface area (TPSA) is 92.8 Å². The molecule has 2 heterocycles. The summed E-state index contributed by atoms with van der Waals surface area (Å²) < 4.78 is 7.17. The summed E-state index contributed by atoms with van der Waals surface area (Å²) in [5, 5.41) is 12.5. The molecule has 3 rings (SSSR count). The molecule has 0 unspecified atom stereocenters. The molecule has 1 aromatic carbocycles. The predicted molar refractivity (Wildman–Crippen MR) is 110 cm³/mol. The SMILES string of the molecule is COc1nc(C)c(-c2cccc(C(=O)NC[C@H](C)n3ccnc3)c2)c(C)c1C#N. The summed E-state index contributed by atoms with van der Waals surface area (Å²) in [6.07, 6.45) is 5.31. The number of carbonyl (C=O) groups is 1. The van der Waals surface area contributed by atoms with Crippen LogP contribution < -0.4 is 10.1 Å². The largest absolute Gasteiger partial charge is 0.480 e. The van der Waals surface area contributed by atoms with E-state index in [1.165, 1.54) is 7.11 Å². The van der Waals surface area contributed by atoms with Gasteiger partial charge in [-0.05, 0) is 44.0 Å². The van der Waals surface area contributed by atoms with Gasteiger partial charge in [-0.25, -0.2) is 9.97 Å². The second-order valence-electron chi connectivity index (χ2n) is 6.84. The number of aromatic nitrogens is 3. The van der Waals surface area contributed by atoms with E-state index in [0.717, 1.165) is 22.4 Å². The van der Waals surface area contributed by atoms with E-state index in [9.17, 15) is 10.1 Å². The van der Waals surface area contributed by atoms with E-state index >= 15 is 0 Å². The van der Waals surface area contributed by atoms with Gasteiger partial charge in [0.15, 0.2) is 0 Å². The number of methoxy groups -OCH3 is 1. The second kappa shape index (κ2) is 8.57. The molecule has 0 aliphatic carbocycles. The Kier molecular flexibility index (Phi) is 5.93. The van der Waals surface area contributed by atoms with Crippen molar-refractivity contribution in [3.05, 3.63) is 65.4 Å². The van der Waals surface area contributed by atoms with Crippen LogP contribution in [0.5, 0.6) is 5.88 Å². The molecule has 0 fully saturated rings. The minimum absolute atomic E-state index is 0.0955. The minimum atomic E-state index is -0.156. The molecule has 0 saturated carbocycles. The highest BCUT2D eigenvalue weighted by Gasteiger charge is 2.18. The minimum Gasteiger partial charge on any atom is -0.480 e. The van der Waals surface area contributed by atoms with Crippen LogP contribution in [0.1, 0.15) is 40.1 Å². The molecule has 148 valence electrons. The fraction of sp³-hybridized carbons (Fsp3) is 0.273. The number of benzene rings is 1. The maximum Gasteiger partial charge on any atom is 0.251 e. The van der Waals surface area contributed by atoms with Gasteiger partial charge in [0, 0.05) is 41.8 Å². The standard InChI is InChI=1S/C22H23N5O2/c1-14(27-9-8-24-13-27)12-25-21(28)18-7-5-6-17(10-18)20-15(2)19(11-23)22(29-4)26-16(20)3/h5-10,13-14H,12H2,1-4H3,(H,25,28)/t14-/m0/s1. The number of ether oxygens (including phenoxy) is 1. The number of carbonyl (C=O) groups excluding carboxylic acids is 1. The molecule has 1 amide bonds. The third-order valence-electron chi connectivity index (χ3n) is 4.91. The Morgan fingerprint density at radius 1 is 1.38 bits per heavy atom. The fourth-order valence-corrected chi connectivity index (χ4v) is 3.32. The number of nitriles is 1. The van der Waals surface area contributed by atoms with Crippen molar-refractivity contribution in [3.8, 4) is 23.1 Å². The van der Waals surface area contributed by atoms with Crippen LogP contribution in [0.2, 0.25) is 0 Å². The Labute approximate surface area is 170 Å². The average Bonchev–Trinajstić information content (AvgIpc) is 3.26. The molecule has 2 aromatic heterocycles. The molecule has 3 aromatic rings. The maximum absolute atomic E-state index is 12.7. The molecule has 0 spiro atoms. The molecule has 29 heavy (non-hydrogen) atoms. The van der Waals surface area contributed by atoms with Crippen LogP contribution in [-0.2, 0) is 0 Å². The fourth-order valence-electron chi connectivity index (χ4n) is 3.32. The molecule has 0 radical (unpaired) electrons. The lowest BCUT2D eigenvalue weighted by molar-refractivity contribution is 0.0948. The van der Waals surface area contributed by atoms with E-state index in [-0.39, 0.29) is 11.9 Å². The number of nitrogens with one attached hydrogen (secondary N) is 1. The lowest BCUT2D eigenvalue weighted by atomic mass is 9.95. The highest BCUT2D eigenvalue weighted by Crippen LogP contribution is 2.32. The van der Waals surface area contributed by atoms with Crippen LogP contribution in [0.4, 0.5) is 0 Å². The molecule has 0 bridgehead atoms. The van der Waals surface area contributed by atoms with Crippen LogP contribution in [0.15, 0.2) is 43.0 Å². The van der Waals surface area contributed by atoms with E-state index < -0.39 is 0 Å². The van der Waals surface area contributed by atoms with Gasteiger partial charge < -0.3 is 14.6 Å². The van der Waals surface area contributed by atoms with Crippen molar-refractivity contribution in [2.45, 2.75) is 26.8 Å². The third kappa shape index (κ3) is 4.11. The second-order valence-corrected chi connectivity index (χ2v) is 6.84. The molecule has 0 aliphatic rings. The van der Waals surface area contributed by atoms with E-state index in [1.807, 2.05) is 49.7 Å². The molecular weight excluding hydrogens is 366 g/mol. The Bertz CT molecular complexity index is 1070. The van der Waals surface area contributed by atoms with Crippen LogP contribution in [0.3, 0.4) is 0 Å². The first-order valence-electron chi connectivity index (χ1n) is 9.27. The molecule has 7 heteroatoms. The van der Waals surface area contributed by atoms with Gasteiger partial charge in [-0.1, -0.05) is 12.1 Å². The molecule has 1 atom stereocenters. The van der Waals surface area contributed by atoms with E-state index in [0.29, 0.717) is 23.6 Å². The van der Waals surface area contributed by atoms with Crippen molar-refractivity contribution in [3.63, 3.8) is 0 Å². The predicted octanol–water partition coefficient (Wildman–Crippen LogP) is 3.43. The van der Waals surface area contributed by atoms with Gasteiger partial charge in [0.25, 0.3) is 5.91 Å². The number of imidazole rings is 1. The number of nitrogens with zero attached hydrogens (tertiary/aromatic N) is 4. The number of rotatable bonds is 6. The zero-order valence-corrected chi connectivity index (χ0v) is 16.9. The van der Waals surface area contributed by atoms with Crippen LogP contribution in [-0.4, -0.2) is 34.1 Å². The summed E-state index contributed by atoms with van der Waals surface area (Å²) in [5.41, 5.74) is 4.14. The van der Waals surface area contributed by atoms with E-state index in [4.69, 9.17) is 4.74 Å². The number of aryl methyl sites for hydroxylation is 1. The number of hydrogen-bond donors (Lipinski definition) is 1. The van der Waals surface area contributed by atoms with Gasteiger partial charge in [0.1, 0.15) is 11.6 Å². The summed E-state index contributed by atoms with van der Waals surface area (Å²) in [4.78, 5) is 21.1. The Morgan fingerprint density at radius 3 is 2.83 bits per heavy atom. The summed E-state index contributed by atoms with van der Waals surface area (Å²) in [7, 11) is 1.50. The monoisotopic (exact) mass is 389 g/mol. The highest BCUT2D eigenvalue weighted by molar-refractivity contribution is 5.95. The Balaban J connectivity index is 1.86. The van der Waals surface area contributed by atoms with Crippen molar-refractivity contribution in [2.75, 3.05) is 13.7 Å². The van der Waals surface area contributed by atoms with E-state index in [1.54, 1.807) is 18.6 Å². The van der Waals surface area contributed by atoms with Crippen molar-refractivity contribution >= 4 is 5.91 Å². The van der Waals surface area contributed by atoms with Gasteiger partial charge in [0.05, 0.1) is 13.4 Å². The molecule has 0 aliphatic heterocycles. The molecular formula is C22H23N5O2. The third-order valence-corrected chi connectivity index (χ3v) is 4.91. The maximum atomic E-state index is 12.7. The number of hydrogen-bond acceptors (Lipinski definition) is 5. The first-order chi connectivity index (χ1) is 14.0. The lowest BCUT2D eigenvalue weighted by Gasteiger charge is -2.16. The Morgan fingerprint density at radius 2 is 2.17 bits per heavy atom. The van der Waals surface area contributed by atoms with Gasteiger partial charge >= 0.3 is 0 Å². The van der Waals surface area contributed by atoms with Gasteiger partial charge in [-0.2, -0.15) is 5.26 Å². The summed E-state index contributed by atoms with van der Waals surface area (Å²) >= 11 is 0. The van der Waals surface area contributed by atoms with Crippen molar-refractivity contribution in [2.24, 2.45) is 0 Å². The summed E-state index contributed by atoms with van der Waals surface area (Å²) in [5.74, 6) is 0.157. The van der Waals surface area contributed by atoms with Crippen LogP contribution in [0.25, 0.3) is 11.1 Å². The molecule has 7 nitrogen and oxygen atoms in total. The van der Waals surface area contributed by atoms with Crippen molar-refractivity contribution in [1.82, 2.24) is 19.9 Å². The van der Waals surface area contributed by atoms with Crippen LogP contribution >= 0.6 is 0 Å². The Hall–Kier alpha value is -3.66. The first kappa shape index (κ1) is 20.1. The molecule has 1 N–H and O–H groups in total.